The fraction of sp³-hybridized carbons (Fsp3) is 0.304. The molecule has 154 valence electrons. The molecule has 7 heteroatoms. The number of nitrogens with one attached hydrogen (secondary N) is 2. The number of nitriles is 1. The molecule has 0 aliphatic carbocycles. The van der Waals surface area contributed by atoms with Crippen LogP contribution in [0.2, 0.25) is 0 Å². The SMILES string of the molecule is CCC(C)N(CCC(=O)Nc1ccccc1C#N)Cc1nc2ccccc2c(=O)[nH]1. The molecule has 1 aromatic heterocycles. The Kier molecular flexibility index (Phi) is 6.94. The van der Waals surface area contributed by atoms with Crippen LogP contribution in [0.5, 0.6) is 0 Å². The van der Waals surface area contributed by atoms with Gasteiger partial charge >= 0.3 is 0 Å². The second-order valence-corrected chi connectivity index (χ2v) is 7.21. The lowest BCUT2D eigenvalue weighted by Gasteiger charge is -2.27. The maximum atomic E-state index is 12.5. The first-order valence-corrected chi connectivity index (χ1v) is 10.0. The predicted octanol–water partition coefficient (Wildman–Crippen LogP) is 3.42. The molecule has 0 aliphatic heterocycles. The van der Waals surface area contributed by atoms with Crippen molar-refractivity contribution >= 4 is 22.5 Å². The molecular weight excluding hydrogens is 378 g/mol. The summed E-state index contributed by atoms with van der Waals surface area (Å²) in [6, 6.07) is 16.5. The van der Waals surface area contributed by atoms with E-state index in [4.69, 9.17) is 0 Å². The van der Waals surface area contributed by atoms with Gasteiger partial charge in [-0.1, -0.05) is 31.2 Å². The zero-order valence-corrected chi connectivity index (χ0v) is 17.2. The van der Waals surface area contributed by atoms with Crippen LogP contribution in [0.25, 0.3) is 10.9 Å². The highest BCUT2D eigenvalue weighted by Gasteiger charge is 2.17. The van der Waals surface area contributed by atoms with E-state index in [1.807, 2.05) is 18.2 Å². The van der Waals surface area contributed by atoms with Crippen LogP contribution in [0.15, 0.2) is 53.3 Å². The van der Waals surface area contributed by atoms with Gasteiger partial charge in [0.25, 0.3) is 5.56 Å². The lowest BCUT2D eigenvalue weighted by Crippen LogP contribution is -2.36. The van der Waals surface area contributed by atoms with Gasteiger partial charge in [0, 0.05) is 19.0 Å². The fourth-order valence-electron chi connectivity index (χ4n) is 3.26. The molecule has 3 rings (SSSR count). The lowest BCUT2D eigenvalue weighted by atomic mass is 10.2. The molecule has 0 radical (unpaired) electrons. The average Bonchev–Trinajstić information content (AvgIpc) is 2.76. The third-order valence-electron chi connectivity index (χ3n) is 5.18. The second kappa shape index (κ2) is 9.81. The molecule has 7 nitrogen and oxygen atoms in total. The molecule has 0 spiro atoms. The van der Waals surface area contributed by atoms with Crippen LogP contribution >= 0.6 is 0 Å². The van der Waals surface area contributed by atoms with E-state index in [9.17, 15) is 14.9 Å². The largest absolute Gasteiger partial charge is 0.325 e. The highest BCUT2D eigenvalue weighted by Crippen LogP contribution is 2.15. The molecule has 1 unspecified atom stereocenters. The summed E-state index contributed by atoms with van der Waals surface area (Å²) in [6.45, 7) is 5.11. The van der Waals surface area contributed by atoms with Gasteiger partial charge in [-0.05, 0) is 37.6 Å². The molecular formula is C23H25N5O2. The number of hydrogen-bond donors (Lipinski definition) is 2. The van der Waals surface area contributed by atoms with E-state index in [-0.39, 0.29) is 23.9 Å². The molecule has 0 aliphatic rings. The first-order chi connectivity index (χ1) is 14.5. The van der Waals surface area contributed by atoms with Crippen LogP contribution in [0.4, 0.5) is 5.69 Å². The molecule has 30 heavy (non-hydrogen) atoms. The smallest absolute Gasteiger partial charge is 0.258 e. The van der Waals surface area contributed by atoms with Crippen LogP contribution < -0.4 is 10.9 Å². The topological polar surface area (TPSA) is 102 Å². The van der Waals surface area contributed by atoms with Crippen molar-refractivity contribution in [2.75, 3.05) is 11.9 Å². The number of anilines is 1. The number of carbonyl (C=O) groups excluding carboxylic acids is 1. The maximum absolute atomic E-state index is 12.5. The summed E-state index contributed by atoms with van der Waals surface area (Å²) in [6.07, 6.45) is 1.17. The normalized spacial score (nSPS) is 11.9. The third-order valence-corrected chi connectivity index (χ3v) is 5.18. The molecule has 0 saturated carbocycles. The van der Waals surface area contributed by atoms with Crippen LogP contribution in [0.3, 0.4) is 0 Å². The summed E-state index contributed by atoms with van der Waals surface area (Å²) in [5, 5.41) is 12.5. The minimum atomic E-state index is -0.162. The Labute approximate surface area is 175 Å². The number of fused-ring (bicyclic) bond motifs is 1. The Morgan fingerprint density at radius 1 is 1.23 bits per heavy atom. The van der Waals surface area contributed by atoms with Crippen LogP contribution in [-0.2, 0) is 11.3 Å². The van der Waals surface area contributed by atoms with Gasteiger partial charge in [0.15, 0.2) is 0 Å². The standard InChI is InChI=1S/C23H25N5O2/c1-3-16(2)28(13-12-22(29)26-19-10-6-4-8-17(19)14-24)15-21-25-20-11-7-5-9-18(20)23(30)27-21/h4-11,16H,3,12-13,15H2,1-2H3,(H,26,29)(H,25,27,30). The summed E-state index contributed by atoms with van der Waals surface area (Å²) in [7, 11) is 0. The van der Waals surface area contributed by atoms with Crippen LogP contribution in [0.1, 0.15) is 38.1 Å². The first-order valence-electron chi connectivity index (χ1n) is 10.0. The van der Waals surface area contributed by atoms with E-state index in [1.165, 1.54) is 0 Å². The Morgan fingerprint density at radius 3 is 2.73 bits per heavy atom. The summed E-state index contributed by atoms with van der Waals surface area (Å²) >= 11 is 0. The number of nitrogens with zero attached hydrogens (tertiary/aromatic N) is 3. The van der Waals surface area contributed by atoms with Gasteiger partial charge in [0.1, 0.15) is 11.9 Å². The molecule has 0 saturated heterocycles. The van der Waals surface area contributed by atoms with E-state index < -0.39 is 0 Å². The van der Waals surface area contributed by atoms with Gasteiger partial charge in [-0.25, -0.2) is 4.98 Å². The van der Waals surface area contributed by atoms with E-state index in [0.29, 0.717) is 41.1 Å². The molecule has 3 aromatic rings. The monoisotopic (exact) mass is 403 g/mol. The first kappa shape index (κ1) is 21.2. The van der Waals surface area contributed by atoms with E-state index in [1.54, 1.807) is 30.3 Å². The number of amides is 1. The van der Waals surface area contributed by atoms with Crippen molar-refractivity contribution in [1.82, 2.24) is 14.9 Å². The Balaban J connectivity index is 1.70. The minimum absolute atomic E-state index is 0.161. The molecule has 2 aromatic carbocycles. The van der Waals surface area contributed by atoms with E-state index >= 15 is 0 Å². The lowest BCUT2D eigenvalue weighted by molar-refractivity contribution is -0.116. The van der Waals surface area contributed by atoms with Gasteiger partial charge in [-0.2, -0.15) is 5.26 Å². The molecule has 1 amide bonds. The van der Waals surface area contributed by atoms with Crippen molar-refractivity contribution in [1.29, 1.82) is 5.26 Å². The predicted molar refractivity (Wildman–Crippen MR) is 117 cm³/mol. The van der Waals surface area contributed by atoms with Crippen molar-refractivity contribution in [2.24, 2.45) is 0 Å². The van der Waals surface area contributed by atoms with Gasteiger partial charge < -0.3 is 10.3 Å². The second-order valence-electron chi connectivity index (χ2n) is 7.21. The molecule has 1 atom stereocenters. The number of hydrogen-bond acceptors (Lipinski definition) is 5. The number of aromatic nitrogens is 2. The zero-order valence-electron chi connectivity index (χ0n) is 17.2. The molecule has 0 fully saturated rings. The number of aromatic amines is 1. The van der Waals surface area contributed by atoms with Crippen molar-refractivity contribution in [2.45, 2.75) is 39.3 Å². The van der Waals surface area contributed by atoms with Crippen LogP contribution in [-0.4, -0.2) is 33.4 Å². The number of rotatable bonds is 8. The molecule has 1 heterocycles. The Hall–Kier alpha value is -3.50. The summed E-state index contributed by atoms with van der Waals surface area (Å²) in [4.78, 5) is 34.4. The summed E-state index contributed by atoms with van der Waals surface area (Å²) in [5.74, 6) is 0.417. The molecule has 0 bridgehead atoms. The number of carbonyl (C=O) groups is 1. The summed E-state index contributed by atoms with van der Waals surface area (Å²) < 4.78 is 0. The van der Waals surface area contributed by atoms with E-state index in [2.05, 4.69) is 40.1 Å². The van der Waals surface area contributed by atoms with Gasteiger partial charge in [-0.3, -0.25) is 14.5 Å². The number of benzene rings is 2. The maximum Gasteiger partial charge on any atom is 0.258 e. The zero-order chi connectivity index (χ0) is 21.5. The van der Waals surface area contributed by atoms with Gasteiger partial charge in [0.2, 0.25) is 5.91 Å². The number of H-pyrrole nitrogens is 1. The Bertz CT molecular complexity index is 1130. The van der Waals surface area contributed by atoms with Gasteiger partial charge in [-0.15, -0.1) is 0 Å². The van der Waals surface area contributed by atoms with Gasteiger partial charge in [0.05, 0.1) is 28.7 Å². The van der Waals surface area contributed by atoms with Crippen molar-refractivity contribution in [3.05, 3.63) is 70.3 Å². The van der Waals surface area contributed by atoms with Crippen molar-refractivity contribution in [3.63, 3.8) is 0 Å². The summed E-state index contributed by atoms with van der Waals surface area (Å²) in [5.41, 5.74) is 1.44. The average molecular weight is 403 g/mol. The third kappa shape index (κ3) is 5.10. The highest BCUT2D eigenvalue weighted by atomic mass is 16.1. The quantitative estimate of drug-likeness (QED) is 0.600. The van der Waals surface area contributed by atoms with Crippen LogP contribution in [0, 0.1) is 11.3 Å². The fourth-order valence-corrected chi connectivity index (χ4v) is 3.26. The van der Waals surface area contributed by atoms with Crippen molar-refractivity contribution < 1.29 is 4.79 Å². The van der Waals surface area contributed by atoms with E-state index in [0.717, 1.165) is 6.42 Å². The number of para-hydroxylation sites is 2. The molecule has 2 N–H and O–H groups in total. The van der Waals surface area contributed by atoms with Crippen molar-refractivity contribution in [3.8, 4) is 6.07 Å². The minimum Gasteiger partial charge on any atom is -0.325 e. The highest BCUT2D eigenvalue weighted by molar-refractivity contribution is 5.92. The Morgan fingerprint density at radius 2 is 1.97 bits per heavy atom.